The molecule has 1 aliphatic carbocycles. The fraction of sp³-hybridized carbons (Fsp3) is 0.229. The molecule has 2 aromatic heterocycles. The number of carbonyl (C=O) groups excluding carboxylic acids is 2. The average Bonchev–Trinajstić information content (AvgIpc) is 3.74. The molecule has 1 fully saturated rings. The number of benzene rings is 2. The van der Waals surface area contributed by atoms with Gasteiger partial charge in [-0.1, -0.05) is 43.5 Å². The number of ether oxygens (including phenoxy) is 2. The number of hydrogen-bond donors (Lipinski definition) is 3. The van der Waals surface area contributed by atoms with Crippen LogP contribution in [0.25, 0.3) is 20.7 Å². The maximum atomic E-state index is 15.2. The Balaban J connectivity index is 1.27. The van der Waals surface area contributed by atoms with Crippen LogP contribution >= 0.6 is 11.3 Å². The molecule has 0 aliphatic heterocycles. The summed E-state index contributed by atoms with van der Waals surface area (Å²) < 4.78 is 27.1. The van der Waals surface area contributed by atoms with Crippen molar-refractivity contribution in [3.8, 4) is 21.9 Å². The van der Waals surface area contributed by atoms with Gasteiger partial charge in [-0.15, -0.1) is 11.3 Å². The number of nitrogens with one attached hydrogen (secondary N) is 3. The van der Waals surface area contributed by atoms with E-state index in [1.807, 2.05) is 12.1 Å². The summed E-state index contributed by atoms with van der Waals surface area (Å²) in [5.74, 6) is -1.11. The number of fused-ring (bicyclic) bond motifs is 1. The molecule has 0 saturated heterocycles. The molecule has 45 heavy (non-hydrogen) atoms. The first-order valence-corrected chi connectivity index (χ1v) is 15.4. The van der Waals surface area contributed by atoms with E-state index in [-0.39, 0.29) is 11.4 Å². The number of pyridine rings is 1. The lowest BCUT2D eigenvalue weighted by molar-refractivity contribution is -0.133. The number of allylic oxidation sites excluding steroid dienone is 3. The summed E-state index contributed by atoms with van der Waals surface area (Å²) in [5.41, 5.74) is 2.49. The minimum atomic E-state index is -1.21. The van der Waals surface area contributed by atoms with Gasteiger partial charge >= 0.3 is 0 Å². The van der Waals surface area contributed by atoms with Crippen LogP contribution in [-0.2, 0) is 20.7 Å². The molecule has 0 atom stereocenters. The highest BCUT2D eigenvalue weighted by Crippen LogP contribution is 2.47. The predicted octanol–water partition coefficient (Wildman–Crippen LogP) is 6.76. The van der Waals surface area contributed by atoms with Crippen LogP contribution in [0.15, 0.2) is 97.9 Å². The van der Waals surface area contributed by atoms with Gasteiger partial charge in [0.2, 0.25) is 11.8 Å². The maximum Gasteiger partial charge on any atom is 0.240 e. The number of amides is 2. The lowest BCUT2D eigenvalue weighted by Crippen LogP contribution is -2.39. The zero-order chi connectivity index (χ0) is 31.8. The van der Waals surface area contributed by atoms with Crippen LogP contribution in [0.1, 0.15) is 18.4 Å². The lowest BCUT2D eigenvalue weighted by atomic mass is 10.0. The number of methoxy groups -OCH3 is 1. The molecule has 2 amide bonds. The summed E-state index contributed by atoms with van der Waals surface area (Å²) >= 11 is 1.53. The fourth-order valence-electron chi connectivity index (χ4n) is 4.80. The third kappa shape index (κ3) is 7.54. The Labute approximate surface area is 265 Å². The summed E-state index contributed by atoms with van der Waals surface area (Å²) in [6.07, 6.45) is 7.88. The molecule has 2 aromatic carbocycles. The van der Waals surface area contributed by atoms with Crippen molar-refractivity contribution in [1.82, 2.24) is 15.6 Å². The SMILES string of the molecule is C=C/C=C(\C=C)NC(=O)C1(C(=O)Nc2ccc(Oc3ccnc4cc(-c5cccc(CCNCCOC)c5)sc34)c(F)c2)CC1. The number of nitrogens with zero attached hydrogens (tertiary/aromatic N) is 1. The molecule has 3 N–H and O–H groups in total. The third-order valence-corrected chi connectivity index (χ3v) is 8.65. The van der Waals surface area contributed by atoms with Crippen molar-refractivity contribution in [3.05, 3.63) is 109 Å². The summed E-state index contributed by atoms with van der Waals surface area (Å²) in [6.45, 7) is 9.60. The first-order valence-electron chi connectivity index (χ1n) is 14.6. The van der Waals surface area contributed by atoms with E-state index in [4.69, 9.17) is 9.47 Å². The van der Waals surface area contributed by atoms with Crippen LogP contribution in [0.4, 0.5) is 10.1 Å². The number of carbonyl (C=O) groups is 2. The van der Waals surface area contributed by atoms with Gasteiger partial charge in [-0.05, 0) is 67.3 Å². The van der Waals surface area contributed by atoms with Crippen molar-refractivity contribution in [2.24, 2.45) is 5.41 Å². The molecule has 0 radical (unpaired) electrons. The number of thiophene rings is 1. The standard InChI is InChI=1S/C35H35FN4O4S/c1-4-7-25(5-2)39-33(41)35(14-15-35)34(42)40-26-10-11-29(27(36)21-26)44-30-13-17-38-28-22-31(45-32(28)30)24-9-6-8-23(20-24)12-16-37-18-19-43-3/h4-11,13,17,20-22,37H,1-2,12,14-16,18-19H2,3H3,(H,39,41)(H,40,42)/b25-7+. The van der Waals surface area contributed by atoms with Gasteiger partial charge in [-0.3, -0.25) is 14.6 Å². The molecule has 0 bridgehead atoms. The van der Waals surface area contributed by atoms with Gasteiger partial charge < -0.3 is 25.4 Å². The van der Waals surface area contributed by atoms with E-state index in [2.05, 4.69) is 52.3 Å². The van der Waals surface area contributed by atoms with E-state index in [1.165, 1.54) is 41.2 Å². The monoisotopic (exact) mass is 626 g/mol. The molecule has 1 aliphatic rings. The van der Waals surface area contributed by atoms with E-state index < -0.39 is 23.0 Å². The Kier molecular flexibility index (Phi) is 10.2. The Morgan fingerprint density at radius 3 is 2.64 bits per heavy atom. The first kappa shape index (κ1) is 31.8. The second kappa shape index (κ2) is 14.4. The van der Waals surface area contributed by atoms with Gasteiger partial charge in [0.05, 0.1) is 16.8 Å². The largest absolute Gasteiger partial charge is 0.453 e. The van der Waals surface area contributed by atoms with Crippen LogP contribution in [-0.4, -0.2) is 43.6 Å². The smallest absolute Gasteiger partial charge is 0.240 e. The summed E-state index contributed by atoms with van der Waals surface area (Å²) in [7, 11) is 1.69. The van der Waals surface area contributed by atoms with Crippen LogP contribution in [0.3, 0.4) is 0 Å². The van der Waals surface area contributed by atoms with Gasteiger partial charge in [0.1, 0.15) is 11.2 Å². The Morgan fingerprint density at radius 2 is 1.91 bits per heavy atom. The number of halogens is 1. The minimum absolute atomic E-state index is 0.00230. The second-order valence-electron chi connectivity index (χ2n) is 10.6. The topological polar surface area (TPSA) is 102 Å². The van der Waals surface area contributed by atoms with Crippen LogP contribution in [0.5, 0.6) is 11.5 Å². The Hall–Kier alpha value is -4.64. The maximum absolute atomic E-state index is 15.2. The van der Waals surface area contributed by atoms with Crippen LogP contribution < -0.4 is 20.7 Å². The van der Waals surface area contributed by atoms with Gasteiger partial charge in [-0.25, -0.2) is 4.39 Å². The molecule has 0 unspecified atom stereocenters. The van der Waals surface area contributed by atoms with Crippen molar-refractivity contribution in [3.63, 3.8) is 0 Å². The van der Waals surface area contributed by atoms with Crippen molar-refractivity contribution in [1.29, 1.82) is 0 Å². The van der Waals surface area contributed by atoms with E-state index in [9.17, 15) is 9.59 Å². The molecular formula is C35H35FN4O4S. The highest BCUT2D eigenvalue weighted by molar-refractivity contribution is 7.22. The molecular weight excluding hydrogens is 591 g/mol. The molecule has 2 heterocycles. The van der Waals surface area contributed by atoms with Crippen molar-refractivity contribution in [2.45, 2.75) is 19.3 Å². The third-order valence-electron chi connectivity index (χ3n) is 7.46. The highest BCUT2D eigenvalue weighted by Gasteiger charge is 2.56. The summed E-state index contributed by atoms with van der Waals surface area (Å²) in [6, 6.07) is 16.3. The van der Waals surface area contributed by atoms with Gasteiger partial charge in [-0.2, -0.15) is 0 Å². The first-order chi connectivity index (χ1) is 21.9. The zero-order valence-electron chi connectivity index (χ0n) is 25.0. The predicted molar refractivity (Wildman–Crippen MR) is 177 cm³/mol. The van der Waals surface area contributed by atoms with Crippen molar-refractivity contribution >= 4 is 39.1 Å². The Bertz CT molecular complexity index is 1760. The van der Waals surface area contributed by atoms with Crippen molar-refractivity contribution < 1.29 is 23.5 Å². The van der Waals surface area contributed by atoms with E-state index in [1.54, 1.807) is 31.5 Å². The Morgan fingerprint density at radius 1 is 1.07 bits per heavy atom. The lowest BCUT2D eigenvalue weighted by Gasteiger charge is -2.16. The van der Waals surface area contributed by atoms with Gasteiger partial charge in [0.15, 0.2) is 11.6 Å². The van der Waals surface area contributed by atoms with Gasteiger partial charge in [0, 0.05) is 48.2 Å². The van der Waals surface area contributed by atoms with Crippen molar-refractivity contribution in [2.75, 3.05) is 32.1 Å². The van der Waals surface area contributed by atoms with E-state index in [0.717, 1.165) is 40.2 Å². The van der Waals surface area contributed by atoms with E-state index in [0.29, 0.717) is 30.9 Å². The van der Waals surface area contributed by atoms with Gasteiger partial charge in [0.25, 0.3) is 0 Å². The van der Waals surface area contributed by atoms with E-state index >= 15 is 4.39 Å². The van der Waals surface area contributed by atoms with Crippen LogP contribution in [0, 0.1) is 11.2 Å². The molecule has 4 aromatic rings. The number of aromatic nitrogens is 1. The van der Waals surface area contributed by atoms with Crippen LogP contribution in [0.2, 0.25) is 0 Å². The molecule has 5 rings (SSSR count). The molecule has 10 heteroatoms. The minimum Gasteiger partial charge on any atom is -0.453 e. The highest BCUT2D eigenvalue weighted by atomic mass is 32.1. The fourth-order valence-corrected chi connectivity index (χ4v) is 5.86. The number of rotatable bonds is 15. The molecule has 0 spiro atoms. The zero-order valence-corrected chi connectivity index (χ0v) is 25.8. The normalized spacial score (nSPS) is 13.7. The number of hydrogen-bond acceptors (Lipinski definition) is 7. The average molecular weight is 627 g/mol. The molecule has 232 valence electrons. The quantitative estimate of drug-likeness (QED) is 0.0766. The summed E-state index contributed by atoms with van der Waals surface area (Å²) in [5, 5.41) is 8.74. The molecule has 1 saturated carbocycles. The molecule has 8 nitrogen and oxygen atoms in total. The number of anilines is 1. The second-order valence-corrected chi connectivity index (χ2v) is 11.7. The summed E-state index contributed by atoms with van der Waals surface area (Å²) in [4.78, 5) is 31.4.